The average Bonchev–Trinajstić information content (AvgIpc) is 2.40. The van der Waals surface area contributed by atoms with Gasteiger partial charge in [-0.05, 0) is 36.4 Å². The summed E-state index contributed by atoms with van der Waals surface area (Å²) in [7, 11) is 0. The van der Waals surface area contributed by atoms with Gasteiger partial charge in [0.2, 0.25) is 0 Å². The second-order valence-electron chi connectivity index (χ2n) is 3.43. The fraction of sp³-hybridized carbons (Fsp3) is 0. The molecule has 2 aromatic carbocycles. The van der Waals surface area contributed by atoms with Crippen LogP contribution in [0, 0.1) is 11.3 Å². The molecule has 0 atom stereocenters. The Kier molecular flexibility index (Phi) is 3.18. The number of carbonyl (C=O) groups is 1. The number of nitrogens with zero attached hydrogens (tertiary/aromatic N) is 1. The highest BCUT2D eigenvalue weighted by Crippen LogP contribution is 2.21. The Morgan fingerprint density at radius 1 is 1.06 bits per heavy atom. The molecule has 0 amide bonds. The van der Waals surface area contributed by atoms with Gasteiger partial charge >= 0.3 is 0 Å². The summed E-state index contributed by atoms with van der Waals surface area (Å²) >= 11 is 0. The van der Waals surface area contributed by atoms with Crippen LogP contribution in [0.3, 0.4) is 0 Å². The molecule has 2 aromatic rings. The molecule has 0 heterocycles. The summed E-state index contributed by atoms with van der Waals surface area (Å²) in [5.41, 5.74) is 1.15. The van der Waals surface area contributed by atoms with Gasteiger partial charge in [-0.25, -0.2) is 0 Å². The van der Waals surface area contributed by atoms with Gasteiger partial charge in [0.1, 0.15) is 17.8 Å². The fourth-order valence-electron chi connectivity index (χ4n) is 1.38. The van der Waals surface area contributed by atoms with Gasteiger partial charge in [0.05, 0.1) is 11.6 Å². The van der Waals surface area contributed by atoms with Gasteiger partial charge in [-0.1, -0.05) is 12.1 Å². The molecule has 0 saturated heterocycles. The summed E-state index contributed by atoms with van der Waals surface area (Å²) in [5, 5.41) is 8.66. The second kappa shape index (κ2) is 4.95. The van der Waals surface area contributed by atoms with Gasteiger partial charge in [-0.2, -0.15) is 5.26 Å². The third-order valence-corrected chi connectivity index (χ3v) is 2.21. The van der Waals surface area contributed by atoms with Crippen LogP contribution in [0.15, 0.2) is 48.5 Å². The topological polar surface area (TPSA) is 50.1 Å². The number of carbonyl (C=O) groups excluding carboxylic acids is 1. The summed E-state index contributed by atoms with van der Waals surface area (Å²) < 4.78 is 5.55. The van der Waals surface area contributed by atoms with Crippen molar-refractivity contribution in [3.8, 4) is 17.6 Å². The van der Waals surface area contributed by atoms with Crippen LogP contribution in [0.5, 0.6) is 11.5 Å². The normalized spacial score (nSPS) is 9.35. The lowest BCUT2D eigenvalue weighted by molar-refractivity contribution is 0.112. The molecule has 0 aromatic heterocycles. The summed E-state index contributed by atoms with van der Waals surface area (Å²) in [6.45, 7) is 0. The van der Waals surface area contributed by atoms with Crippen LogP contribution in [0.4, 0.5) is 0 Å². The molecule has 0 aliphatic carbocycles. The molecule has 0 bridgehead atoms. The van der Waals surface area contributed by atoms with Crippen molar-refractivity contribution >= 4 is 6.29 Å². The smallest absolute Gasteiger partial charge is 0.150 e. The quantitative estimate of drug-likeness (QED) is 0.751. The van der Waals surface area contributed by atoms with Crippen molar-refractivity contribution < 1.29 is 9.53 Å². The van der Waals surface area contributed by atoms with E-state index < -0.39 is 0 Å². The van der Waals surface area contributed by atoms with E-state index in [1.165, 1.54) is 0 Å². The van der Waals surface area contributed by atoms with E-state index in [1.807, 2.05) is 6.07 Å². The van der Waals surface area contributed by atoms with E-state index in [1.54, 1.807) is 48.5 Å². The van der Waals surface area contributed by atoms with Crippen molar-refractivity contribution in [2.75, 3.05) is 0 Å². The summed E-state index contributed by atoms with van der Waals surface area (Å²) in [5.74, 6) is 1.23. The monoisotopic (exact) mass is 223 g/mol. The molecule has 0 aliphatic rings. The highest BCUT2D eigenvalue weighted by molar-refractivity contribution is 5.75. The predicted molar refractivity (Wildman–Crippen MR) is 63.1 cm³/mol. The van der Waals surface area contributed by atoms with E-state index in [-0.39, 0.29) is 0 Å². The number of aldehydes is 1. The zero-order valence-corrected chi connectivity index (χ0v) is 8.96. The Morgan fingerprint density at radius 3 is 2.47 bits per heavy atom. The number of nitriles is 1. The molecule has 0 N–H and O–H groups in total. The van der Waals surface area contributed by atoms with Gasteiger partial charge in [0, 0.05) is 5.56 Å². The van der Waals surface area contributed by atoms with Crippen molar-refractivity contribution in [3.05, 3.63) is 59.7 Å². The zero-order valence-electron chi connectivity index (χ0n) is 8.96. The van der Waals surface area contributed by atoms with E-state index in [0.29, 0.717) is 22.6 Å². The first-order valence-corrected chi connectivity index (χ1v) is 5.05. The molecule has 0 radical (unpaired) electrons. The highest BCUT2D eigenvalue weighted by atomic mass is 16.5. The molecule has 0 aliphatic heterocycles. The van der Waals surface area contributed by atoms with E-state index in [0.717, 1.165) is 6.29 Å². The third-order valence-electron chi connectivity index (χ3n) is 2.21. The minimum Gasteiger partial charge on any atom is -0.457 e. The number of rotatable bonds is 3. The van der Waals surface area contributed by atoms with E-state index >= 15 is 0 Å². The molecule has 0 fully saturated rings. The Morgan fingerprint density at radius 2 is 1.82 bits per heavy atom. The van der Waals surface area contributed by atoms with Gasteiger partial charge in [-0.3, -0.25) is 4.79 Å². The molecule has 2 rings (SSSR count). The average molecular weight is 223 g/mol. The second-order valence-corrected chi connectivity index (χ2v) is 3.43. The molecule has 82 valence electrons. The van der Waals surface area contributed by atoms with Crippen molar-refractivity contribution in [3.63, 3.8) is 0 Å². The fourth-order valence-corrected chi connectivity index (χ4v) is 1.38. The zero-order chi connectivity index (χ0) is 12.1. The summed E-state index contributed by atoms with van der Waals surface area (Å²) in [6.07, 6.45) is 0.769. The van der Waals surface area contributed by atoms with Gasteiger partial charge in [0.15, 0.2) is 0 Å². The maximum absolute atomic E-state index is 10.6. The van der Waals surface area contributed by atoms with Crippen LogP contribution >= 0.6 is 0 Å². The predicted octanol–water partition coefficient (Wildman–Crippen LogP) is 3.16. The van der Waals surface area contributed by atoms with Crippen molar-refractivity contribution in [2.45, 2.75) is 0 Å². The number of hydrogen-bond acceptors (Lipinski definition) is 3. The Balaban J connectivity index is 2.19. The molecule has 0 spiro atoms. The number of hydrogen-bond donors (Lipinski definition) is 0. The van der Waals surface area contributed by atoms with Crippen molar-refractivity contribution in [2.24, 2.45) is 0 Å². The van der Waals surface area contributed by atoms with Gasteiger partial charge in [0.25, 0.3) is 0 Å². The van der Waals surface area contributed by atoms with Crippen LogP contribution in [0.2, 0.25) is 0 Å². The van der Waals surface area contributed by atoms with Crippen LogP contribution in [0.1, 0.15) is 15.9 Å². The molecular weight excluding hydrogens is 214 g/mol. The molecular formula is C14H9NO2. The number of benzene rings is 2. The van der Waals surface area contributed by atoms with Crippen molar-refractivity contribution in [1.29, 1.82) is 5.26 Å². The van der Waals surface area contributed by atoms with Crippen LogP contribution in [0.25, 0.3) is 0 Å². The maximum Gasteiger partial charge on any atom is 0.150 e. The Bertz CT molecular complexity index is 568. The lowest BCUT2D eigenvalue weighted by atomic mass is 10.2. The molecule has 17 heavy (non-hydrogen) atoms. The largest absolute Gasteiger partial charge is 0.457 e. The van der Waals surface area contributed by atoms with Gasteiger partial charge < -0.3 is 4.74 Å². The third kappa shape index (κ3) is 2.70. The van der Waals surface area contributed by atoms with Crippen LogP contribution in [-0.2, 0) is 0 Å². The number of ether oxygens (including phenoxy) is 1. The van der Waals surface area contributed by atoms with E-state index in [9.17, 15) is 4.79 Å². The highest BCUT2D eigenvalue weighted by Gasteiger charge is 1.98. The first-order chi connectivity index (χ1) is 8.31. The Labute approximate surface area is 98.9 Å². The van der Waals surface area contributed by atoms with E-state index in [4.69, 9.17) is 10.00 Å². The summed E-state index contributed by atoms with van der Waals surface area (Å²) in [6, 6.07) is 15.7. The standard InChI is InChI=1S/C14H9NO2/c15-9-11-4-6-13(7-5-11)17-14-3-1-2-12(8-14)10-16/h1-8,10H. The molecule has 0 saturated carbocycles. The summed E-state index contributed by atoms with van der Waals surface area (Å²) in [4.78, 5) is 10.6. The maximum atomic E-state index is 10.6. The van der Waals surface area contributed by atoms with E-state index in [2.05, 4.69) is 0 Å². The molecule has 3 nitrogen and oxygen atoms in total. The lowest BCUT2D eigenvalue weighted by Gasteiger charge is -2.05. The lowest BCUT2D eigenvalue weighted by Crippen LogP contribution is -1.86. The van der Waals surface area contributed by atoms with Gasteiger partial charge in [-0.15, -0.1) is 0 Å². The first-order valence-electron chi connectivity index (χ1n) is 5.05. The van der Waals surface area contributed by atoms with Crippen LogP contribution in [-0.4, -0.2) is 6.29 Å². The SMILES string of the molecule is N#Cc1ccc(Oc2cccc(C=O)c2)cc1. The minimum absolute atomic E-state index is 0.566. The first kappa shape index (κ1) is 10.9. The Hall–Kier alpha value is -2.60. The van der Waals surface area contributed by atoms with Crippen molar-refractivity contribution in [1.82, 2.24) is 0 Å². The molecule has 0 unspecified atom stereocenters. The molecule has 3 heteroatoms. The minimum atomic E-state index is 0.566. The van der Waals surface area contributed by atoms with Crippen LogP contribution < -0.4 is 4.74 Å².